The normalized spacial score (nSPS) is 10.6. The second kappa shape index (κ2) is 4.91. The largest absolute Gasteiger partial charge is 0.507 e. The molecule has 0 saturated carbocycles. The maximum Gasteiger partial charge on any atom is 0.338 e. The molecule has 0 aliphatic carbocycles. The van der Waals surface area contributed by atoms with Gasteiger partial charge in [-0.15, -0.1) is 0 Å². The Balaban J connectivity index is 2.20. The predicted molar refractivity (Wildman–Crippen MR) is 65.2 cm³/mol. The second-order valence-electron chi connectivity index (χ2n) is 3.92. The molecule has 2 rings (SSSR count). The molecule has 17 heavy (non-hydrogen) atoms. The van der Waals surface area contributed by atoms with Crippen LogP contribution >= 0.6 is 0 Å². The summed E-state index contributed by atoms with van der Waals surface area (Å²) in [5.74, 6) is -0.309. The Kier molecular flexibility index (Phi) is 3.32. The van der Waals surface area contributed by atoms with E-state index in [2.05, 4.69) is 4.98 Å². The molecule has 2 N–H and O–H groups in total. The smallest absolute Gasteiger partial charge is 0.338 e. The number of rotatable bonds is 4. The highest BCUT2D eigenvalue weighted by molar-refractivity contribution is 5.97. The van der Waals surface area contributed by atoms with E-state index < -0.39 is 5.97 Å². The second-order valence-corrected chi connectivity index (χ2v) is 3.92. The van der Waals surface area contributed by atoms with Crippen molar-refractivity contribution in [2.45, 2.75) is 19.8 Å². The number of benzene rings is 1. The summed E-state index contributed by atoms with van der Waals surface area (Å²) in [6, 6.07) is 4.88. The Morgan fingerprint density at radius 3 is 3.06 bits per heavy atom. The van der Waals surface area contributed by atoms with Gasteiger partial charge in [0.2, 0.25) is 0 Å². The summed E-state index contributed by atoms with van der Waals surface area (Å²) >= 11 is 0. The SMILES string of the molecule is CCCCOC(=O)c1cc(O)c2cc[nH]c2c1. The first kappa shape index (κ1) is 11.5. The number of carbonyl (C=O) groups is 1. The van der Waals surface area contributed by atoms with Gasteiger partial charge < -0.3 is 14.8 Å². The summed E-state index contributed by atoms with van der Waals surface area (Å²) in [5.41, 5.74) is 1.10. The van der Waals surface area contributed by atoms with Crippen LogP contribution in [0.1, 0.15) is 30.1 Å². The number of ether oxygens (including phenoxy) is 1. The number of aromatic nitrogens is 1. The number of hydrogen-bond donors (Lipinski definition) is 2. The average molecular weight is 233 g/mol. The summed E-state index contributed by atoms with van der Waals surface area (Å²) < 4.78 is 5.09. The van der Waals surface area contributed by atoms with Gasteiger partial charge in [-0.25, -0.2) is 4.79 Å². The number of H-pyrrole nitrogens is 1. The van der Waals surface area contributed by atoms with Crippen molar-refractivity contribution >= 4 is 16.9 Å². The first-order valence-electron chi connectivity index (χ1n) is 5.69. The average Bonchev–Trinajstić information content (AvgIpc) is 2.77. The zero-order chi connectivity index (χ0) is 12.3. The number of esters is 1. The molecule has 4 heteroatoms. The van der Waals surface area contributed by atoms with Crippen LogP contribution in [0.5, 0.6) is 5.75 Å². The summed E-state index contributed by atoms with van der Waals surface area (Å²) in [5, 5.41) is 10.4. The highest BCUT2D eigenvalue weighted by Gasteiger charge is 2.11. The highest BCUT2D eigenvalue weighted by atomic mass is 16.5. The van der Waals surface area contributed by atoms with Crippen molar-refractivity contribution in [1.29, 1.82) is 0 Å². The van der Waals surface area contributed by atoms with Gasteiger partial charge >= 0.3 is 5.97 Å². The van der Waals surface area contributed by atoms with Gasteiger partial charge in [0.15, 0.2) is 0 Å². The summed E-state index contributed by atoms with van der Waals surface area (Å²) in [6.45, 7) is 2.45. The number of aromatic hydroxyl groups is 1. The van der Waals surface area contributed by atoms with Gasteiger partial charge in [0.25, 0.3) is 0 Å². The summed E-state index contributed by atoms with van der Waals surface area (Å²) in [7, 11) is 0. The minimum atomic E-state index is -0.398. The topological polar surface area (TPSA) is 62.3 Å². The van der Waals surface area contributed by atoms with E-state index in [0.29, 0.717) is 17.6 Å². The van der Waals surface area contributed by atoms with Crippen LogP contribution in [0.2, 0.25) is 0 Å². The van der Waals surface area contributed by atoms with Crippen LogP contribution in [0.3, 0.4) is 0 Å². The van der Waals surface area contributed by atoms with E-state index >= 15 is 0 Å². The number of phenolic OH excluding ortho intramolecular Hbond substituents is 1. The standard InChI is InChI=1S/C13H15NO3/c1-2-3-6-17-13(16)9-7-11-10(4-5-14-11)12(15)8-9/h4-5,7-8,14-15H,2-3,6H2,1H3. The van der Waals surface area contributed by atoms with Crippen LogP contribution in [-0.2, 0) is 4.74 Å². The Hall–Kier alpha value is -1.97. The fraction of sp³-hybridized carbons (Fsp3) is 0.308. The summed E-state index contributed by atoms with van der Waals surface area (Å²) in [6.07, 6.45) is 3.55. The zero-order valence-electron chi connectivity index (χ0n) is 9.69. The van der Waals surface area contributed by atoms with Crippen LogP contribution in [0.15, 0.2) is 24.4 Å². The molecule has 0 spiro atoms. The maximum atomic E-state index is 11.7. The van der Waals surface area contributed by atoms with Crippen LogP contribution in [0, 0.1) is 0 Å². The van der Waals surface area contributed by atoms with Crippen molar-refractivity contribution < 1.29 is 14.6 Å². The van der Waals surface area contributed by atoms with Gasteiger partial charge in [-0.05, 0) is 24.6 Å². The van der Waals surface area contributed by atoms with Gasteiger partial charge in [0, 0.05) is 17.1 Å². The third-order valence-corrected chi connectivity index (χ3v) is 2.61. The minimum absolute atomic E-state index is 0.0891. The van der Waals surface area contributed by atoms with E-state index in [1.54, 1.807) is 18.3 Å². The molecule has 0 aliphatic rings. The third kappa shape index (κ3) is 2.41. The number of aromatic amines is 1. The lowest BCUT2D eigenvalue weighted by Gasteiger charge is -2.05. The van der Waals surface area contributed by atoms with Gasteiger partial charge in [0.1, 0.15) is 5.75 Å². The van der Waals surface area contributed by atoms with Crippen molar-refractivity contribution in [2.75, 3.05) is 6.61 Å². The van der Waals surface area contributed by atoms with Gasteiger partial charge in [0.05, 0.1) is 12.2 Å². The van der Waals surface area contributed by atoms with E-state index in [1.165, 1.54) is 6.07 Å². The first-order valence-corrected chi connectivity index (χ1v) is 5.69. The molecule has 0 radical (unpaired) electrons. The molecular formula is C13H15NO3. The first-order chi connectivity index (χ1) is 8.22. The molecule has 4 nitrogen and oxygen atoms in total. The Bertz CT molecular complexity index is 530. The molecule has 2 aromatic rings. The lowest BCUT2D eigenvalue weighted by Crippen LogP contribution is -2.06. The van der Waals surface area contributed by atoms with Crippen molar-refractivity contribution in [3.63, 3.8) is 0 Å². The fourth-order valence-corrected chi connectivity index (χ4v) is 1.66. The number of nitrogens with one attached hydrogen (secondary N) is 1. The van der Waals surface area contributed by atoms with E-state index in [9.17, 15) is 9.90 Å². The number of unbranched alkanes of at least 4 members (excludes halogenated alkanes) is 1. The molecule has 0 bridgehead atoms. The van der Waals surface area contributed by atoms with Gasteiger partial charge in [-0.1, -0.05) is 13.3 Å². The monoisotopic (exact) mass is 233 g/mol. The van der Waals surface area contributed by atoms with Crippen LogP contribution < -0.4 is 0 Å². The molecule has 1 aromatic carbocycles. The van der Waals surface area contributed by atoms with Crippen molar-refractivity contribution in [2.24, 2.45) is 0 Å². The van der Waals surface area contributed by atoms with Crippen LogP contribution in [0.25, 0.3) is 10.9 Å². The molecule has 0 fully saturated rings. The fourth-order valence-electron chi connectivity index (χ4n) is 1.66. The molecule has 90 valence electrons. The van der Waals surface area contributed by atoms with Crippen LogP contribution in [0.4, 0.5) is 0 Å². The molecular weight excluding hydrogens is 218 g/mol. The lowest BCUT2D eigenvalue weighted by atomic mass is 10.1. The Morgan fingerprint density at radius 2 is 2.29 bits per heavy atom. The quantitative estimate of drug-likeness (QED) is 0.630. The Labute approximate surface area is 99.2 Å². The number of phenols is 1. The molecule has 0 aliphatic heterocycles. The number of hydrogen-bond acceptors (Lipinski definition) is 3. The highest BCUT2D eigenvalue weighted by Crippen LogP contribution is 2.25. The molecule has 1 heterocycles. The van der Waals surface area contributed by atoms with E-state index in [-0.39, 0.29) is 5.75 Å². The van der Waals surface area contributed by atoms with Crippen molar-refractivity contribution in [1.82, 2.24) is 4.98 Å². The van der Waals surface area contributed by atoms with Crippen molar-refractivity contribution in [3.8, 4) is 5.75 Å². The van der Waals surface area contributed by atoms with E-state index in [4.69, 9.17) is 4.74 Å². The third-order valence-electron chi connectivity index (χ3n) is 2.61. The number of fused-ring (bicyclic) bond motifs is 1. The molecule has 0 saturated heterocycles. The van der Waals surface area contributed by atoms with Crippen LogP contribution in [-0.4, -0.2) is 22.7 Å². The molecule has 1 aromatic heterocycles. The predicted octanol–water partition coefficient (Wildman–Crippen LogP) is 2.83. The summed E-state index contributed by atoms with van der Waals surface area (Å²) in [4.78, 5) is 14.6. The maximum absolute atomic E-state index is 11.7. The van der Waals surface area contributed by atoms with Gasteiger partial charge in [-0.2, -0.15) is 0 Å². The lowest BCUT2D eigenvalue weighted by molar-refractivity contribution is 0.0499. The van der Waals surface area contributed by atoms with Gasteiger partial charge in [-0.3, -0.25) is 0 Å². The number of carbonyl (C=O) groups excluding carboxylic acids is 1. The zero-order valence-corrected chi connectivity index (χ0v) is 9.69. The minimum Gasteiger partial charge on any atom is -0.507 e. The Morgan fingerprint density at radius 1 is 1.47 bits per heavy atom. The molecule has 0 atom stereocenters. The molecule has 0 amide bonds. The molecule has 0 unspecified atom stereocenters. The van der Waals surface area contributed by atoms with E-state index in [0.717, 1.165) is 18.4 Å². The van der Waals surface area contributed by atoms with Crippen molar-refractivity contribution in [3.05, 3.63) is 30.0 Å². The van der Waals surface area contributed by atoms with E-state index in [1.807, 2.05) is 6.92 Å².